The molecule has 0 aliphatic carbocycles. The van der Waals surface area contributed by atoms with Crippen LogP contribution in [-0.4, -0.2) is 24.8 Å². The highest BCUT2D eigenvalue weighted by Crippen LogP contribution is 2.29. The first-order valence-electron chi connectivity index (χ1n) is 5.93. The molecule has 0 amide bonds. The number of aliphatic hydroxyl groups is 1. The van der Waals surface area contributed by atoms with Crippen LogP contribution in [0.5, 0.6) is 11.5 Å². The Hall–Kier alpha value is -2.07. The second-order valence-corrected chi connectivity index (χ2v) is 3.86. The van der Waals surface area contributed by atoms with Crippen LogP contribution >= 0.6 is 0 Å². The smallest absolute Gasteiger partial charge is 0.338 e. The third kappa shape index (κ3) is 4.26. The Morgan fingerprint density at radius 3 is 2.68 bits per heavy atom. The van der Waals surface area contributed by atoms with Crippen molar-refractivity contribution in [3.05, 3.63) is 41.5 Å². The first kappa shape index (κ1) is 15.0. The van der Waals surface area contributed by atoms with Crippen LogP contribution in [0, 0.1) is 0 Å². The van der Waals surface area contributed by atoms with Gasteiger partial charge in [-0.15, -0.1) is 0 Å². The molecule has 0 aromatic heterocycles. The first-order valence-corrected chi connectivity index (χ1v) is 5.93. The number of allylic oxidation sites excluding steroid dienone is 1. The van der Waals surface area contributed by atoms with Crippen LogP contribution in [0.4, 0.5) is 0 Å². The van der Waals surface area contributed by atoms with Gasteiger partial charge in [-0.3, -0.25) is 0 Å². The molecule has 1 N–H and O–H groups in total. The van der Waals surface area contributed by atoms with E-state index in [2.05, 4.69) is 0 Å². The molecule has 0 saturated carbocycles. The molecule has 1 rings (SSSR count). The van der Waals surface area contributed by atoms with Crippen LogP contribution < -0.4 is 9.47 Å². The molecule has 0 bridgehead atoms. The number of methoxy groups -OCH3 is 1. The van der Waals surface area contributed by atoms with Gasteiger partial charge in [0.15, 0.2) is 11.5 Å². The lowest BCUT2D eigenvalue weighted by atomic mass is 10.2. The van der Waals surface area contributed by atoms with E-state index in [1.54, 1.807) is 50.3 Å². The van der Waals surface area contributed by atoms with E-state index in [0.717, 1.165) is 5.56 Å². The van der Waals surface area contributed by atoms with Crippen molar-refractivity contribution in [2.75, 3.05) is 13.7 Å². The molecule has 19 heavy (non-hydrogen) atoms. The zero-order valence-corrected chi connectivity index (χ0v) is 11.3. The summed E-state index contributed by atoms with van der Waals surface area (Å²) in [6, 6.07) is 5.18. The lowest BCUT2D eigenvalue weighted by Crippen LogP contribution is -2.09. The number of benzene rings is 1. The molecule has 0 spiro atoms. The Morgan fingerprint density at radius 2 is 2.11 bits per heavy atom. The Bertz CT molecular complexity index is 501. The fourth-order valence-electron chi connectivity index (χ4n) is 1.36. The average Bonchev–Trinajstić information content (AvgIpc) is 2.44. The molecule has 0 aliphatic heterocycles. The van der Waals surface area contributed by atoms with Crippen molar-refractivity contribution >= 4 is 12.0 Å². The summed E-state index contributed by atoms with van der Waals surface area (Å²) in [5.41, 5.74) is 1.39. The highest BCUT2D eigenvalue weighted by Gasteiger charge is 2.11. The van der Waals surface area contributed by atoms with Crippen molar-refractivity contribution in [3.63, 3.8) is 0 Å². The molecule has 0 heterocycles. The van der Waals surface area contributed by atoms with Gasteiger partial charge in [-0.1, -0.05) is 24.3 Å². The van der Waals surface area contributed by atoms with E-state index in [0.29, 0.717) is 17.1 Å². The predicted octanol–water partition coefficient (Wildman–Crippen LogP) is 2.57. The number of hydrogen-bond acceptors (Lipinski definition) is 4. The maximum atomic E-state index is 11.7. The van der Waals surface area contributed by atoms with Gasteiger partial charge in [-0.25, -0.2) is 4.79 Å². The average molecular weight is 262 g/mol. The quantitative estimate of drug-likeness (QED) is 0.503. The van der Waals surface area contributed by atoms with Crippen molar-refractivity contribution in [1.82, 2.24) is 0 Å². The summed E-state index contributed by atoms with van der Waals surface area (Å²) in [4.78, 5) is 11.7. The molecular weight excluding hydrogens is 244 g/mol. The van der Waals surface area contributed by atoms with Crippen LogP contribution in [0.25, 0.3) is 6.08 Å². The van der Waals surface area contributed by atoms with Gasteiger partial charge < -0.3 is 14.6 Å². The van der Waals surface area contributed by atoms with Crippen LogP contribution in [0.2, 0.25) is 0 Å². The standard InChI is InChI=1S/C15H18O4/c1-4-11(2)15(17)19-13-8-7-12(6-5-9-16)10-14(13)18-3/h4-8,10,16H,9H2,1-3H3/b6-5+,11-4-. The number of carbonyl (C=O) groups excluding carboxylic acids is 1. The maximum absolute atomic E-state index is 11.7. The number of ether oxygens (including phenoxy) is 2. The van der Waals surface area contributed by atoms with Gasteiger partial charge in [0.25, 0.3) is 0 Å². The van der Waals surface area contributed by atoms with E-state index in [4.69, 9.17) is 14.6 Å². The number of aliphatic hydroxyl groups excluding tert-OH is 1. The predicted molar refractivity (Wildman–Crippen MR) is 74.2 cm³/mol. The van der Waals surface area contributed by atoms with Crippen LogP contribution in [0.15, 0.2) is 35.9 Å². The minimum absolute atomic E-state index is 0.0282. The van der Waals surface area contributed by atoms with E-state index >= 15 is 0 Å². The molecule has 102 valence electrons. The van der Waals surface area contributed by atoms with Crippen molar-refractivity contribution in [1.29, 1.82) is 0 Å². The molecule has 1 aromatic rings. The molecule has 0 aliphatic rings. The van der Waals surface area contributed by atoms with E-state index < -0.39 is 5.97 Å². The largest absolute Gasteiger partial charge is 0.493 e. The second kappa shape index (κ2) is 7.38. The van der Waals surface area contributed by atoms with Crippen molar-refractivity contribution in [3.8, 4) is 11.5 Å². The molecule has 1 aromatic carbocycles. The molecule has 0 atom stereocenters. The zero-order valence-electron chi connectivity index (χ0n) is 11.3. The lowest BCUT2D eigenvalue weighted by Gasteiger charge is -2.10. The van der Waals surface area contributed by atoms with Gasteiger partial charge in [0.05, 0.1) is 13.7 Å². The van der Waals surface area contributed by atoms with Crippen LogP contribution in [-0.2, 0) is 4.79 Å². The summed E-state index contributed by atoms with van der Waals surface area (Å²) in [5.74, 6) is 0.437. The molecule has 0 unspecified atom stereocenters. The molecule has 0 radical (unpaired) electrons. The van der Waals surface area contributed by atoms with Gasteiger partial charge >= 0.3 is 5.97 Å². The van der Waals surface area contributed by atoms with Gasteiger partial charge in [0.2, 0.25) is 0 Å². The molecular formula is C15H18O4. The summed E-state index contributed by atoms with van der Waals surface area (Å²) in [7, 11) is 1.51. The molecule has 4 nitrogen and oxygen atoms in total. The highest BCUT2D eigenvalue weighted by molar-refractivity contribution is 5.89. The number of carbonyl (C=O) groups is 1. The van der Waals surface area contributed by atoms with Gasteiger partial charge in [0.1, 0.15) is 0 Å². The van der Waals surface area contributed by atoms with Gasteiger partial charge in [0, 0.05) is 5.57 Å². The van der Waals surface area contributed by atoms with Gasteiger partial charge in [-0.2, -0.15) is 0 Å². The van der Waals surface area contributed by atoms with Gasteiger partial charge in [-0.05, 0) is 31.5 Å². The summed E-state index contributed by atoms with van der Waals surface area (Å²) in [6.07, 6.45) is 5.06. The first-order chi connectivity index (χ1) is 9.12. The Balaban J connectivity index is 2.96. The number of esters is 1. The van der Waals surface area contributed by atoms with Crippen molar-refractivity contribution in [2.24, 2.45) is 0 Å². The Kier molecular flexibility index (Phi) is 5.82. The van der Waals surface area contributed by atoms with E-state index in [1.807, 2.05) is 0 Å². The fourth-order valence-corrected chi connectivity index (χ4v) is 1.36. The van der Waals surface area contributed by atoms with E-state index in [9.17, 15) is 4.79 Å². The van der Waals surface area contributed by atoms with Crippen molar-refractivity contribution in [2.45, 2.75) is 13.8 Å². The fraction of sp³-hybridized carbons (Fsp3) is 0.267. The SMILES string of the molecule is C/C=C(/C)C(=O)Oc1ccc(/C=C/CO)cc1OC. The molecule has 0 saturated heterocycles. The third-order valence-corrected chi connectivity index (χ3v) is 2.56. The maximum Gasteiger partial charge on any atom is 0.338 e. The minimum atomic E-state index is -0.403. The molecule has 4 heteroatoms. The monoisotopic (exact) mass is 262 g/mol. The normalized spacial score (nSPS) is 11.7. The third-order valence-electron chi connectivity index (χ3n) is 2.56. The summed E-state index contributed by atoms with van der Waals surface area (Å²) in [6.45, 7) is 3.43. The number of hydrogen-bond donors (Lipinski definition) is 1. The number of rotatable bonds is 5. The Labute approximate surface area is 113 Å². The van der Waals surface area contributed by atoms with Crippen LogP contribution in [0.3, 0.4) is 0 Å². The van der Waals surface area contributed by atoms with Crippen molar-refractivity contribution < 1.29 is 19.4 Å². The summed E-state index contributed by atoms with van der Waals surface area (Å²) < 4.78 is 10.4. The van der Waals surface area contributed by atoms with E-state index in [1.165, 1.54) is 7.11 Å². The lowest BCUT2D eigenvalue weighted by molar-refractivity contribution is -0.130. The molecule has 0 fully saturated rings. The Morgan fingerprint density at radius 1 is 1.37 bits per heavy atom. The zero-order chi connectivity index (χ0) is 14.3. The van der Waals surface area contributed by atoms with E-state index in [-0.39, 0.29) is 6.61 Å². The summed E-state index contributed by atoms with van der Waals surface area (Å²) in [5, 5.41) is 8.72. The summed E-state index contributed by atoms with van der Waals surface area (Å²) >= 11 is 0. The topological polar surface area (TPSA) is 55.8 Å². The van der Waals surface area contributed by atoms with Crippen LogP contribution in [0.1, 0.15) is 19.4 Å². The second-order valence-electron chi connectivity index (χ2n) is 3.86. The minimum Gasteiger partial charge on any atom is -0.493 e. The highest BCUT2D eigenvalue weighted by atomic mass is 16.6.